The van der Waals surface area contributed by atoms with Gasteiger partial charge in [0.2, 0.25) is 0 Å². The lowest BCUT2D eigenvalue weighted by Crippen LogP contribution is -2.17. The zero-order valence-corrected chi connectivity index (χ0v) is 18.2. The highest BCUT2D eigenvalue weighted by Crippen LogP contribution is 2.10. The van der Waals surface area contributed by atoms with E-state index in [0.29, 0.717) is 0 Å². The van der Waals surface area contributed by atoms with Gasteiger partial charge in [0.1, 0.15) is 0 Å². The molecular weight excluding hydrogens is 344 g/mol. The molecule has 0 saturated heterocycles. The van der Waals surface area contributed by atoms with Gasteiger partial charge in [-0.25, -0.2) is 0 Å². The van der Waals surface area contributed by atoms with Crippen molar-refractivity contribution in [2.45, 2.75) is 83.5 Å². The summed E-state index contributed by atoms with van der Waals surface area (Å²) in [5, 5.41) is 1.90. The van der Waals surface area contributed by atoms with Gasteiger partial charge in [0.15, 0.2) is 0 Å². The Bertz CT molecular complexity index is 545. The quantitative estimate of drug-likeness (QED) is 0.188. The van der Waals surface area contributed by atoms with Crippen LogP contribution in [0.2, 0.25) is 0 Å². The number of hydrogen-bond acceptors (Lipinski definition) is 3. The van der Waals surface area contributed by atoms with Crippen LogP contribution in [0.25, 0.3) is 0 Å². The molecule has 3 nitrogen and oxygen atoms in total. The van der Waals surface area contributed by atoms with Gasteiger partial charge >= 0.3 is 0 Å². The first kappa shape index (κ1) is 24.4. The molecule has 1 aromatic rings. The SMILES string of the molecule is CON(C)CCCCCCCCCCC=CC#CCCCCc1cccnc1. The fourth-order valence-corrected chi connectivity index (χ4v) is 3.11. The van der Waals surface area contributed by atoms with Gasteiger partial charge in [-0.1, -0.05) is 62.5 Å². The van der Waals surface area contributed by atoms with E-state index in [-0.39, 0.29) is 0 Å². The number of hydroxylamine groups is 2. The van der Waals surface area contributed by atoms with Gasteiger partial charge in [0, 0.05) is 32.4 Å². The summed E-state index contributed by atoms with van der Waals surface area (Å²) < 4.78 is 0. The molecule has 1 heterocycles. The smallest absolute Gasteiger partial charge is 0.0575 e. The first-order valence-electron chi connectivity index (χ1n) is 11.1. The molecule has 0 N–H and O–H groups in total. The standard InChI is InChI=1S/C25H40N2O/c1-27(28-2)23-18-16-14-12-10-8-6-4-3-5-7-9-11-13-15-17-20-25-21-19-22-26-24-25/h5,7,19,21-22,24H,3-4,6,8,10,12-18,20,23H2,1-2H3. The summed E-state index contributed by atoms with van der Waals surface area (Å²) in [6.07, 6.45) is 24.3. The summed E-state index contributed by atoms with van der Waals surface area (Å²) >= 11 is 0. The Balaban J connectivity index is 1.81. The Kier molecular flexibility index (Phi) is 16.3. The summed E-state index contributed by atoms with van der Waals surface area (Å²) in [6, 6.07) is 4.15. The van der Waals surface area contributed by atoms with E-state index in [1.54, 1.807) is 7.11 Å². The Morgan fingerprint density at radius 1 is 1.00 bits per heavy atom. The molecule has 1 aromatic heterocycles. The summed E-state index contributed by atoms with van der Waals surface area (Å²) in [4.78, 5) is 9.26. The highest BCUT2D eigenvalue weighted by Gasteiger charge is 1.95. The molecule has 0 radical (unpaired) electrons. The van der Waals surface area contributed by atoms with Gasteiger partial charge in [0.05, 0.1) is 7.11 Å². The first-order valence-corrected chi connectivity index (χ1v) is 11.1. The number of aryl methyl sites for hydroxylation is 1. The van der Waals surface area contributed by atoms with Crippen LogP contribution in [0.4, 0.5) is 0 Å². The van der Waals surface area contributed by atoms with Gasteiger partial charge in [-0.05, 0) is 56.2 Å². The molecule has 3 heteroatoms. The minimum atomic E-state index is 0.992. The van der Waals surface area contributed by atoms with Crippen LogP contribution in [0.15, 0.2) is 36.7 Å². The average molecular weight is 385 g/mol. The third-order valence-electron chi connectivity index (χ3n) is 4.95. The van der Waals surface area contributed by atoms with Crippen molar-refractivity contribution in [1.82, 2.24) is 10.0 Å². The number of pyridine rings is 1. The molecule has 0 amide bonds. The third-order valence-corrected chi connectivity index (χ3v) is 4.95. The molecule has 0 unspecified atom stereocenters. The van der Waals surface area contributed by atoms with Crippen LogP contribution in [-0.4, -0.2) is 30.7 Å². The molecule has 28 heavy (non-hydrogen) atoms. The molecule has 0 aliphatic heterocycles. The zero-order chi connectivity index (χ0) is 20.1. The second kappa shape index (κ2) is 18.7. The van der Waals surface area contributed by atoms with Crippen LogP contribution in [0, 0.1) is 11.8 Å². The Morgan fingerprint density at radius 3 is 2.46 bits per heavy atom. The Labute approximate surface area is 173 Å². The fourth-order valence-electron chi connectivity index (χ4n) is 3.11. The summed E-state index contributed by atoms with van der Waals surface area (Å²) in [6.45, 7) is 1.04. The largest absolute Gasteiger partial charge is 0.303 e. The predicted octanol–water partition coefficient (Wildman–Crippen LogP) is 6.36. The predicted molar refractivity (Wildman–Crippen MR) is 120 cm³/mol. The van der Waals surface area contributed by atoms with Crippen LogP contribution < -0.4 is 0 Å². The highest BCUT2D eigenvalue weighted by molar-refractivity contribution is 5.15. The molecule has 156 valence electrons. The lowest BCUT2D eigenvalue weighted by Gasteiger charge is -2.12. The minimum absolute atomic E-state index is 0.992. The van der Waals surface area contributed by atoms with E-state index in [1.165, 1.54) is 76.2 Å². The van der Waals surface area contributed by atoms with Crippen molar-refractivity contribution in [3.05, 3.63) is 42.2 Å². The van der Waals surface area contributed by atoms with Crippen LogP contribution in [0.3, 0.4) is 0 Å². The number of rotatable bonds is 16. The number of hydrogen-bond donors (Lipinski definition) is 0. The molecule has 0 fully saturated rings. The van der Waals surface area contributed by atoms with Gasteiger partial charge in [-0.3, -0.25) is 4.98 Å². The van der Waals surface area contributed by atoms with Crippen molar-refractivity contribution < 1.29 is 4.84 Å². The van der Waals surface area contributed by atoms with Gasteiger partial charge in [-0.2, -0.15) is 5.06 Å². The van der Waals surface area contributed by atoms with Crippen molar-refractivity contribution in [2.24, 2.45) is 0 Å². The Hall–Kier alpha value is -1.63. The second-order valence-corrected chi connectivity index (χ2v) is 7.44. The molecule has 0 spiro atoms. The van der Waals surface area contributed by atoms with E-state index in [9.17, 15) is 0 Å². The van der Waals surface area contributed by atoms with Crippen molar-refractivity contribution >= 4 is 0 Å². The van der Waals surface area contributed by atoms with E-state index >= 15 is 0 Å². The average Bonchev–Trinajstić information content (AvgIpc) is 2.73. The summed E-state index contributed by atoms with van der Waals surface area (Å²) in [7, 11) is 3.72. The molecule has 1 rings (SSSR count). The van der Waals surface area contributed by atoms with E-state index < -0.39 is 0 Å². The monoisotopic (exact) mass is 384 g/mol. The lowest BCUT2D eigenvalue weighted by molar-refractivity contribution is -0.109. The maximum Gasteiger partial charge on any atom is 0.0575 e. The molecular formula is C25H40N2O. The lowest BCUT2D eigenvalue weighted by atomic mass is 10.1. The first-order chi connectivity index (χ1) is 13.8. The van der Waals surface area contributed by atoms with E-state index in [1.807, 2.05) is 36.6 Å². The maximum atomic E-state index is 5.11. The van der Waals surface area contributed by atoms with Crippen LogP contribution in [-0.2, 0) is 11.3 Å². The molecule has 0 saturated carbocycles. The van der Waals surface area contributed by atoms with Gasteiger partial charge in [-0.15, -0.1) is 0 Å². The number of nitrogens with zero attached hydrogens (tertiary/aromatic N) is 2. The van der Waals surface area contributed by atoms with Gasteiger partial charge < -0.3 is 4.84 Å². The fraction of sp³-hybridized carbons (Fsp3) is 0.640. The topological polar surface area (TPSA) is 25.4 Å². The van der Waals surface area contributed by atoms with Crippen molar-refractivity contribution in [3.8, 4) is 11.8 Å². The minimum Gasteiger partial charge on any atom is -0.303 e. The van der Waals surface area contributed by atoms with E-state index in [0.717, 1.165) is 19.4 Å². The number of aromatic nitrogens is 1. The Morgan fingerprint density at radius 2 is 1.75 bits per heavy atom. The highest BCUT2D eigenvalue weighted by atomic mass is 16.7. The van der Waals surface area contributed by atoms with Crippen molar-refractivity contribution in [3.63, 3.8) is 0 Å². The van der Waals surface area contributed by atoms with Crippen LogP contribution in [0.5, 0.6) is 0 Å². The van der Waals surface area contributed by atoms with Crippen molar-refractivity contribution in [1.29, 1.82) is 0 Å². The van der Waals surface area contributed by atoms with Crippen LogP contribution in [0.1, 0.15) is 82.6 Å². The van der Waals surface area contributed by atoms with E-state index in [2.05, 4.69) is 29.0 Å². The second-order valence-electron chi connectivity index (χ2n) is 7.44. The maximum absolute atomic E-state index is 5.11. The molecule has 0 bridgehead atoms. The normalized spacial score (nSPS) is 11.1. The molecule has 0 aliphatic carbocycles. The molecule has 0 aromatic carbocycles. The zero-order valence-electron chi connectivity index (χ0n) is 18.2. The molecule has 0 aliphatic rings. The van der Waals surface area contributed by atoms with Crippen molar-refractivity contribution in [2.75, 3.05) is 20.7 Å². The summed E-state index contributed by atoms with van der Waals surface area (Å²) in [5.41, 5.74) is 1.32. The summed E-state index contributed by atoms with van der Waals surface area (Å²) in [5.74, 6) is 6.43. The molecule has 0 atom stereocenters. The van der Waals surface area contributed by atoms with E-state index in [4.69, 9.17) is 4.84 Å². The number of unbranched alkanes of at least 4 members (excludes halogenated alkanes) is 10. The third kappa shape index (κ3) is 15.4. The van der Waals surface area contributed by atoms with Gasteiger partial charge in [0.25, 0.3) is 0 Å². The van der Waals surface area contributed by atoms with Crippen LogP contribution >= 0.6 is 0 Å². The number of allylic oxidation sites excluding steroid dienone is 2.